The van der Waals surface area contributed by atoms with E-state index in [0.717, 1.165) is 40.3 Å². The SMILES string of the molecule is COC(=O)C(CCSC)NC(=O)c1ccc(CO[C@H](C)CC2CCCCC2)cc1-c1ccccc1C.O=CN1CCS(=O)(=O)CC1. The largest absolute Gasteiger partial charge is 0.467 e. The molecule has 1 heterocycles. The summed E-state index contributed by atoms with van der Waals surface area (Å²) >= 11 is 1.63. The first kappa shape index (κ1) is 37.6. The maximum absolute atomic E-state index is 13.4. The van der Waals surface area contributed by atoms with Crippen LogP contribution in [0.15, 0.2) is 42.5 Å². The van der Waals surface area contributed by atoms with Crippen LogP contribution in [0.2, 0.25) is 0 Å². The van der Waals surface area contributed by atoms with E-state index in [0.29, 0.717) is 38.1 Å². The van der Waals surface area contributed by atoms with Gasteiger partial charge in [-0.1, -0.05) is 62.4 Å². The molecule has 1 N–H and O–H groups in total. The number of carbonyl (C=O) groups excluding carboxylic acids is 3. The van der Waals surface area contributed by atoms with Gasteiger partial charge in [0, 0.05) is 18.7 Å². The number of hydrogen-bond acceptors (Lipinski definition) is 8. The number of hydrogen-bond donors (Lipinski definition) is 1. The van der Waals surface area contributed by atoms with Crippen molar-refractivity contribution in [1.82, 2.24) is 10.2 Å². The first-order valence-electron chi connectivity index (χ1n) is 16.1. The lowest BCUT2D eigenvalue weighted by Crippen LogP contribution is -2.42. The molecule has 2 amide bonds. The molecule has 2 aromatic rings. The van der Waals surface area contributed by atoms with E-state index in [1.54, 1.807) is 11.8 Å². The lowest BCUT2D eigenvalue weighted by atomic mass is 9.85. The van der Waals surface area contributed by atoms with Crippen LogP contribution in [0.4, 0.5) is 0 Å². The van der Waals surface area contributed by atoms with Crippen molar-refractivity contribution >= 4 is 39.9 Å². The number of sulfone groups is 1. The summed E-state index contributed by atoms with van der Waals surface area (Å²) in [5, 5.41) is 2.91. The van der Waals surface area contributed by atoms with Crippen LogP contribution in [0.3, 0.4) is 0 Å². The molecule has 4 rings (SSSR count). The first-order chi connectivity index (χ1) is 22.1. The third kappa shape index (κ3) is 12.0. The summed E-state index contributed by atoms with van der Waals surface area (Å²) in [6.07, 6.45) is 11.2. The molecular weight excluding hydrogens is 625 g/mol. The molecule has 1 aliphatic carbocycles. The molecule has 2 aromatic carbocycles. The van der Waals surface area contributed by atoms with E-state index in [1.807, 2.05) is 49.6 Å². The Labute approximate surface area is 279 Å². The Balaban J connectivity index is 0.000000489. The number of aryl methyl sites for hydroxylation is 1. The molecule has 0 radical (unpaired) electrons. The van der Waals surface area contributed by atoms with Crippen molar-refractivity contribution in [2.45, 2.75) is 77.5 Å². The summed E-state index contributed by atoms with van der Waals surface area (Å²) in [5.74, 6) is 1.06. The minimum atomic E-state index is -2.83. The Morgan fingerprint density at radius 1 is 1.07 bits per heavy atom. The van der Waals surface area contributed by atoms with Gasteiger partial charge >= 0.3 is 5.97 Å². The molecule has 254 valence electrons. The average Bonchev–Trinajstić information content (AvgIpc) is 3.06. The van der Waals surface area contributed by atoms with E-state index >= 15 is 0 Å². The van der Waals surface area contributed by atoms with E-state index in [2.05, 4.69) is 18.3 Å². The second-order valence-corrected chi connectivity index (χ2v) is 15.5. The summed E-state index contributed by atoms with van der Waals surface area (Å²) < 4.78 is 32.7. The van der Waals surface area contributed by atoms with Crippen LogP contribution in [-0.2, 0) is 35.5 Å². The lowest BCUT2D eigenvalue weighted by Gasteiger charge is -2.25. The normalized spacial score (nSPS) is 17.6. The number of ether oxygens (including phenoxy) is 2. The fourth-order valence-electron chi connectivity index (χ4n) is 5.87. The maximum atomic E-state index is 13.4. The van der Waals surface area contributed by atoms with Crippen LogP contribution in [0, 0.1) is 12.8 Å². The number of nitrogens with zero attached hydrogens (tertiary/aromatic N) is 1. The van der Waals surface area contributed by atoms with Crippen LogP contribution in [-0.4, -0.2) is 87.5 Å². The third-order valence-corrected chi connectivity index (χ3v) is 10.9. The highest BCUT2D eigenvalue weighted by molar-refractivity contribution is 7.98. The summed E-state index contributed by atoms with van der Waals surface area (Å²) in [6.45, 7) is 5.42. The number of benzene rings is 2. The highest BCUT2D eigenvalue weighted by Gasteiger charge is 2.24. The van der Waals surface area contributed by atoms with E-state index in [4.69, 9.17) is 9.47 Å². The van der Waals surface area contributed by atoms with Crippen LogP contribution in [0.5, 0.6) is 0 Å². The van der Waals surface area contributed by atoms with Crippen molar-refractivity contribution in [2.75, 3.05) is 43.7 Å². The number of methoxy groups -OCH3 is 1. The molecule has 2 atom stereocenters. The quantitative estimate of drug-likeness (QED) is 0.221. The molecule has 2 aliphatic rings. The summed E-state index contributed by atoms with van der Waals surface area (Å²) in [5.41, 5.74) is 4.51. The number of carbonyl (C=O) groups is 3. The first-order valence-corrected chi connectivity index (χ1v) is 19.4. The van der Waals surface area contributed by atoms with E-state index in [-0.39, 0.29) is 23.5 Å². The van der Waals surface area contributed by atoms with Crippen molar-refractivity contribution in [3.63, 3.8) is 0 Å². The Hall–Kier alpha value is -2.89. The Kier molecular flexibility index (Phi) is 15.6. The molecule has 0 spiro atoms. The number of esters is 1. The fourth-order valence-corrected chi connectivity index (χ4v) is 7.57. The topological polar surface area (TPSA) is 119 Å². The lowest BCUT2D eigenvalue weighted by molar-refractivity contribution is -0.142. The second-order valence-electron chi connectivity index (χ2n) is 12.2. The summed E-state index contributed by atoms with van der Waals surface area (Å²) in [6, 6.07) is 13.2. The van der Waals surface area contributed by atoms with Gasteiger partial charge in [0.25, 0.3) is 5.91 Å². The highest BCUT2D eigenvalue weighted by atomic mass is 32.2. The van der Waals surface area contributed by atoms with Crippen LogP contribution in [0.25, 0.3) is 11.1 Å². The summed E-state index contributed by atoms with van der Waals surface area (Å²) in [7, 11) is -1.48. The zero-order valence-electron chi connectivity index (χ0n) is 27.7. The van der Waals surface area contributed by atoms with E-state index < -0.39 is 21.8 Å². The Morgan fingerprint density at radius 3 is 2.39 bits per heavy atom. The molecule has 2 fully saturated rings. The predicted molar refractivity (Wildman–Crippen MR) is 185 cm³/mol. The minimum Gasteiger partial charge on any atom is -0.467 e. The molecule has 46 heavy (non-hydrogen) atoms. The van der Waals surface area contributed by atoms with Gasteiger partial charge in [-0.2, -0.15) is 11.8 Å². The van der Waals surface area contributed by atoms with Crippen LogP contribution < -0.4 is 5.32 Å². The zero-order chi connectivity index (χ0) is 33.5. The molecule has 1 aliphatic heterocycles. The third-order valence-electron chi connectivity index (χ3n) is 8.62. The molecule has 9 nitrogen and oxygen atoms in total. The zero-order valence-corrected chi connectivity index (χ0v) is 29.3. The average molecular weight is 675 g/mol. The van der Waals surface area contributed by atoms with Crippen molar-refractivity contribution in [2.24, 2.45) is 5.92 Å². The fraction of sp³-hybridized carbons (Fsp3) is 0.571. The van der Waals surface area contributed by atoms with Gasteiger partial charge in [-0.15, -0.1) is 0 Å². The van der Waals surface area contributed by atoms with Gasteiger partial charge in [0.15, 0.2) is 9.84 Å². The van der Waals surface area contributed by atoms with Gasteiger partial charge in [0.05, 0.1) is 31.3 Å². The van der Waals surface area contributed by atoms with Gasteiger partial charge in [0.1, 0.15) is 6.04 Å². The van der Waals surface area contributed by atoms with Gasteiger partial charge in [0.2, 0.25) is 6.41 Å². The standard InChI is InChI=1S/C30H41NO4S.C5H9NO3S/c1-21-10-8-9-13-25(21)27-19-24(20-35-22(2)18-23-11-6-5-7-12-23)14-15-26(27)29(32)31-28(16-17-36-4)30(33)34-3;7-5-6-1-3-10(8,9)4-2-6/h8-10,13-15,19,22-23,28H,5-7,11-12,16-18,20H2,1-4H3,(H,31,32);5H,1-4H2/t22-,28?;/m1./s1. The minimum absolute atomic E-state index is 0.117. The Morgan fingerprint density at radius 2 is 1.76 bits per heavy atom. The predicted octanol–water partition coefficient (Wildman–Crippen LogP) is 5.44. The van der Waals surface area contributed by atoms with Gasteiger partial charge in [-0.25, -0.2) is 13.2 Å². The van der Waals surface area contributed by atoms with Crippen molar-refractivity contribution in [3.05, 3.63) is 59.2 Å². The number of rotatable bonds is 13. The molecule has 1 saturated heterocycles. The van der Waals surface area contributed by atoms with Gasteiger partial charge < -0.3 is 19.7 Å². The molecule has 11 heteroatoms. The maximum Gasteiger partial charge on any atom is 0.328 e. The Bertz CT molecular complexity index is 1380. The van der Waals surface area contributed by atoms with Gasteiger partial charge in [-0.3, -0.25) is 9.59 Å². The molecule has 1 unspecified atom stereocenters. The van der Waals surface area contributed by atoms with Gasteiger partial charge in [-0.05, 0) is 79.0 Å². The van der Waals surface area contributed by atoms with E-state index in [9.17, 15) is 22.8 Å². The molecule has 0 bridgehead atoms. The molecular formula is C35H50N2O7S2. The van der Waals surface area contributed by atoms with Crippen LogP contribution in [0.1, 0.15) is 73.4 Å². The smallest absolute Gasteiger partial charge is 0.328 e. The second kappa shape index (κ2) is 19.1. The monoisotopic (exact) mass is 674 g/mol. The molecule has 1 saturated carbocycles. The highest BCUT2D eigenvalue weighted by Crippen LogP contribution is 2.30. The molecule has 0 aromatic heterocycles. The van der Waals surface area contributed by atoms with Crippen molar-refractivity contribution < 1.29 is 32.3 Å². The van der Waals surface area contributed by atoms with Crippen molar-refractivity contribution in [3.8, 4) is 11.1 Å². The number of amides is 2. The van der Waals surface area contributed by atoms with Crippen molar-refractivity contribution in [1.29, 1.82) is 0 Å². The number of thioether (sulfide) groups is 1. The summed E-state index contributed by atoms with van der Waals surface area (Å²) in [4.78, 5) is 37.2. The number of nitrogens with one attached hydrogen (secondary N) is 1. The van der Waals surface area contributed by atoms with Crippen LogP contribution >= 0.6 is 11.8 Å². The van der Waals surface area contributed by atoms with E-state index in [1.165, 1.54) is 44.1 Å².